The van der Waals surface area contributed by atoms with Crippen molar-refractivity contribution in [2.45, 2.75) is 45.8 Å². The van der Waals surface area contributed by atoms with Crippen LogP contribution < -0.4 is 10.6 Å². The maximum atomic E-state index is 11.9. The van der Waals surface area contributed by atoms with Crippen molar-refractivity contribution in [2.75, 3.05) is 45.9 Å². The van der Waals surface area contributed by atoms with Crippen molar-refractivity contribution in [1.29, 1.82) is 0 Å². The molecule has 2 saturated heterocycles. The van der Waals surface area contributed by atoms with Crippen molar-refractivity contribution >= 4 is 35.8 Å². The molecule has 2 aliphatic heterocycles. The predicted octanol–water partition coefficient (Wildman–Crippen LogP) is 2.20. The van der Waals surface area contributed by atoms with E-state index in [1.165, 1.54) is 11.1 Å². The number of aliphatic imine (C=N–C) groups is 1. The average Bonchev–Trinajstić information content (AvgIpc) is 3.22. The van der Waals surface area contributed by atoms with Crippen molar-refractivity contribution in [3.63, 3.8) is 0 Å². The molecule has 2 fully saturated rings. The van der Waals surface area contributed by atoms with Gasteiger partial charge in [0.05, 0.1) is 19.8 Å². The number of nitrogens with one attached hydrogen (secondary N) is 2. The van der Waals surface area contributed by atoms with E-state index in [9.17, 15) is 4.79 Å². The minimum Gasteiger partial charge on any atom is -0.379 e. The third kappa shape index (κ3) is 7.39. The Kier molecular flexibility index (Phi) is 10.9. The van der Waals surface area contributed by atoms with Crippen LogP contribution in [0.2, 0.25) is 0 Å². The number of amides is 1. The van der Waals surface area contributed by atoms with Crippen molar-refractivity contribution in [3.8, 4) is 0 Å². The fourth-order valence-electron chi connectivity index (χ4n) is 3.87. The number of guanidine groups is 1. The Balaban J connectivity index is 0.00000320. The molecule has 1 atom stereocenters. The molecule has 0 aliphatic carbocycles. The Bertz CT molecular complexity index is 694. The molecule has 2 aliphatic rings. The summed E-state index contributed by atoms with van der Waals surface area (Å²) in [6.07, 6.45) is 1.53. The minimum atomic E-state index is 0. The summed E-state index contributed by atoms with van der Waals surface area (Å²) in [6, 6.07) is 8.81. The summed E-state index contributed by atoms with van der Waals surface area (Å²) in [5, 5.41) is 6.86. The smallest absolute Gasteiger partial charge is 0.222 e. The molecule has 1 unspecified atom stereocenters. The zero-order chi connectivity index (χ0) is 20.5. The Morgan fingerprint density at radius 2 is 1.90 bits per heavy atom. The van der Waals surface area contributed by atoms with Gasteiger partial charge in [-0.15, -0.1) is 24.0 Å². The van der Waals surface area contributed by atoms with Crippen LogP contribution in [0.3, 0.4) is 0 Å². The first-order valence-electron chi connectivity index (χ1n) is 10.9. The molecular formula is C22H36IN5O2. The highest BCUT2D eigenvalue weighted by Gasteiger charge is 2.25. The molecule has 8 heteroatoms. The standard InChI is InChI=1S/C22H35N5O2.HI/c1-3-21(28)27-10-9-20(17-27)25-22(23-4-2)24-15-18-7-5-6-8-19(18)16-26-11-13-29-14-12-26;/h5-8,20H,3-4,9-17H2,1-2H3,(H2,23,24,25);1H. The van der Waals surface area contributed by atoms with E-state index < -0.39 is 0 Å². The van der Waals surface area contributed by atoms with Crippen molar-refractivity contribution < 1.29 is 9.53 Å². The van der Waals surface area contributed by atoms with Crippen LogP contribution >= 0.6 is 24.0 Å². The maximum absolute atomic E-state index is 11.9. The average molecular weight is 529 g/mol. The van der Waals surface area contributed by atoms with Gasteiger partial charge in [-0.05, 0) is 24.5 Å². The van der Waals surface area contributed by atoms with Crippen molar-refractivity contribution in [2.24, 2.45) is 4.99 Å². The number of carbonyl (C=O) groups is 1. The molecule has 0 bridgehead atoms. The van der Waals surface area contributed by atoms with Gasteiger partial charge in [0.1, 0.15) is 0 Å². The zero-order valence-corrected chi connectivity index (χ0v) is 20.6. The quantitative estimate of drug-likeness (QED) is 0.322. The van der Waals surface area contributed by atoms with Crippen LogP contribution in [-0.4, -0.2) is 73.6 Å². The van der Waals surface area contributed by atoms with E-state index in [2.05, 4.69) is 46.7 Å². The number of morpholine rings is 1. The summed E-state index contributed by atoms with van der Waals surface area (Å²) in [7, 11) is 0. The molecule has 0 aromatic heterocycles. The molecule has 1 amide bonds. The second-order valence-corrected chi connectivity index (χ2v) is 7.68. The zero-order valence-electron chi connectivity index (χ0n) is 18.2. The third-order valence-corrected chi connectivity index (χ3v) is 5.55. The molecule has 2 N–H and O–H groups in total. The highest BCUT2D eigenvalue weighted by Crippen LogP contribution is 2.15. The molecule has 1 aromatic carbocycles. The van der Waals surface area contributed by atoms with Gasteiger partial charge in [0.2, 0.25) is 5.91 Å². The monoisotopic (exact) mass is 529 g/mol. The van der Waals surface area contributed by atoms with Crippen LogP contribution in [0, 0.1) is 0 Å². The van der Waals surface area contributed by atoms with Crippen LogP contribution in [0.15, 0.2) is 29.3 Å². The summed E-state index contributed by atoms with van der Waals surface area (Å²) in [4.78, 5) is 21.1. The van der Waals surface area contributed by atoms with Gasteiger partial charge in [-0.1, -0.05) is 31.2 Å². The van der Waals surface area contributed by atoms with Gasteiger partial charge < -0.3 is 20.3 Å². The molecule has 7 nitrogen and oxygen atoms in total. The molecule has 3 rings (SSSR count). The fourth-order valence-corrected chi connectivity index (χ4v) is 3.87. The second kappa shape index (κ2) is 13.1. The summed E-state index contributed by atoms with van der Waals surface area (Å²) < 4.78 is 5.46. The van der Waals surface area contributed by atoms with Gasteiger partial charge in [0, 0.05) is 51.7 Å². The lowest BCUT2D eigenvalue weighted by Gasteiger charge is -2.27. The van der Waals surface area contributed by atoms with E-state index >= 15 is 0 Å². The number of benzene rings is 1. The fraction of sp³-hybridized carbons (Fsp3) is 0.636. The Hall–Kier alpha value is -1.39. The predicted molar refractivity (Wildman–Crippen MR) is 131 cm³/mol. The molecule has 0 saturated carbocycles. The molecular weight excluding hydrogens is 493 g/mol. The van der Waals surface area contributed by atoms with Crippen LogP contribution in [-0.2, 0) is 22.6 Å². The van der Waals surface area contributed by atoms with E-state index in [0.717, 1.165) is 64.9 Å². The lowest BCUT2D eigenvalue weighted by Crippen LogP contribution is -2.45. The summed E-state index contributed by atoms with van der Waals surface area (Å²) in [5.74, 6) is 1.05. The number of rotatable bonds is 7. The van der Waals surface area contributed by atoms with Gasteiger partial charge in [-0.2, -0.15) is 0 Å². The van der Waals surface area contributed by atoms with Gasteiger partial charge in [0.25, 0.3) is 0 Å². The SMILES string of the molecule is CCNC(=NCc1ccccc1CN1CCOCC1)NC1CCN(C(=O)CC)C1.I. The number of hydrogen-bond acceptors (Lipinski definition) is 4. The molecule has 30 heavy (non-hydrogen) atoms. The number of ether oxygens (including phenoxy) is 1. The molecule has 2 heterocycles. The van der Waals surface area contributed by atoms with Crippen LogP contribution in [0.4, 0.5) is 0 Å². The van der Waals surface area contributed by atoms with E-state index in [1.54, 1.807) is 0 Å². The highest BCUT2D eigenvalue weighted by atomic mass is 127. The number of nitrogens with zero attached hydrogens (tertiary/aromatic N) is 3. The molecule has 0 radical (unpaired) electrons. The van der Waals surface area contributed by atoms with E-state index in [0.29, 0.717) is 13.0 Å². The normalized spacial score (nSPS) is 20.0. The number of hydrogen-bond donors (Lipinski definition) is 2. The number of likely N-dealkylation sites (tertiary alicyclic amines) is 1. The minimum absolute atomic E-state index is 0. The summed E-state index contributed by atoms with van der Waals surface area (Å²) in [5.41, 5.74) is 2.58. The lowest BCUT2D eigenvalue weighted by atomic mass is 10.1. The van der Waals surface area contributed by atoms with Gasteiger partial charge >= 0.3 is 0 Å². The Morgan fingerprint density at radius 1 is 1.17 bits per heavy atom. The van der Waals surface area contributed by atoms with Crippen LogP contribution in [0.5, 0.6) is 0 Å². The largest absolute Gasteiger partial charge is 0.379 e. The van der Waals surface area contributed by atoms with Gasteiger partial charge in [-0.25, -0.2) is 4.99 Å². The Morgan fingerprint density at radius 3 is 2.60 bits per heavy atom. The first-order chi connectivity index (χ1) is 14.2. The van der Waals surface area contributed by atoms with Crippen LogP contribution in [0.25, 0.3) is 0 Å². The van der Waals surface area contributed by atoms with Crippen LogP contribution in [0.1, 0.15) is 37.8 Å². The van der Waals surface area contributed by atoms with E-state index in [-0.39, 0.29) is 35.9 Å². The summed E-state index contributed by atoms with van der Waals surface area (Å²) in [6.45, 7) is 11.6. The van der Waals surface area contributed by atoms with Gasteiger partial charge in [-0.3, -0.25) is 9.69 Å². The first-order valence-corrected chi connectivity index (χ1v) is 10.9. The Labute approximate surface area is 197 Å². The second-order valence-electron chi connectivity index (χ2n) is 7.68. The van der Waals surface area contributed by atoms with E-state index in [4.69, 9.17) is 9.73 Å². The molecule has 0 spiro atoms. The summed E-state index contributed by atoms with van der Waals surface area (Å²) >= 11 is 0. The topological polar surface area (TPSA) is 69.2 Å². The number of carbonyl (C=O) groups excluding carboxylic acids is 1. The molecule has 1 aromatic rings. The van der Waals surface area contributed by atoms with Crippen molar-refractivity contribution in [3.05, 3.63) is 35.4 Å². The maximum Gasteiger partial charge on any atom is 0.222 e. The first kappa shape index (κ1) is 24.9. The van der Waals surface area contributed by atoms with E-state index in [1.807, 2.05) is 11.8 Å². The lowest BCUT2D eigenvalue weighted by molar-refractivity contribution is -0.129. The third-order valence-electron chi connectivity index (χ3n) is 5.55. The van der Waals surface area contributed by atoms with Gasteiger partial charge in [0.15, 0.2) is 5.96 Å². The number of halogens is 1. The van der Waals surface area contributed by atoms with Crippen molar-refractivity contribution in [1.82, 2.24) is 20.4 Å². The highest BCUT2D eigenvalue weighted by molar-refractivity contribution is 14.0. The molecule has 168 valence electrons.